The quantitative estimate of drug-likeness (QED) is 0.453. The van der Waals surface area contributed by atoms with Crippen molar-refractivity contribution in [1.29, 1.82) is 0 Å². The van der Waals surface area contributed by atoms with Crippen LogP contribution >= 0.6 is 0 Å². The van der Waals surface area contributed by atoms with Gasteiger partial charge in [-0.3, -0.25) is 19.2 Å². The summed E-state index contributed by atoms with van der Waals surface area (Å²) in [6.07, 6.45) is 0.284. The van der Waals surface area contributed by atoms with Crippen LogP contribution < -0.4 is 16.4 Å². The van der Waals surface area contributed by atoms with E-state index in [2.05, 4.69) is 10.6 Å². The second-order valence-corrected chi connectivity index (χ2v) is 8.19. The van der Waals surface area contributed by atoms with Crippen LogP contribution in [0, 0.1) is 5.92 Å². The molecular formula is C24H28N4O5. The summed E-state index contributed by atoms with van der Waals surface area (Å²) in [5, 5.41) is 14.8. The van der Waals surface area contributed by atoms with Crippen molar-refractivity contribution >= 4 is 35.1 Å². The Morgan fingerprint density at radius 2 is 1.88 bits per heavy atom. The number of carbonyl (C=O) groups is 4. The van der Waals surface area contributed by atoms with Crippen LogP contribution in [0.25, 0.3) is 0 Å². The SMILES string of the molecule is CC[C@H](C)C1C(=O)Nc2ccc(N)cc2C(=O)N1CC(=O)NC(CC(=O)O)c1ccccc1. The highest BCUT2D eigenvalue weighted by Crippen LogP contribution is 2.28. The summed E-state index contributed by atoms with van der Waals surface area (Å²) in [6.45, 7) is 3.33. The second kappa shape index (κ2) is 10.2. The molecule has 2 aromatic rings. The number of hydrogen-bond donors (Lipinski definition) is 4. The van der Waals surface area contributed by atoms with E-state index in [9.17, 15) is 24.3 Å². The third kappa shape index (κ3) is 5.49. The Labute approximate surface area is 192 Å². The van der Waals surface area contributed by atoms with Gasteiger partial charge in [-0.15, -0.1) is 0 Å². The molecule has 3 amide bonds. The lowest BCUT2D eigenvalue weighted by molar-refractivity contribution is -0.137. The van der Waals surface area contributed by atoms with E-state index >= 15 is 0 Å². The van der Waals surface area contributed by atoms with E-state index in [0.29, 0.717) is 23.4 Å². The molecule has 9 nitrogen and oxygen atoms in total. The molecule has 0 aromatic heterocycles. The molecule has 0 saturated carbocycles. The molecule has 0 saturated heterocycles. The average molecular weight is 453 g/mol. The number of benzene rings is 2. The first-order valence-electron chi connectivity index (χ1n) is 10.8. The number of nitrogens with two attached hydrogens (primary N) is 1. The molecule has 0 bridgehead atoms. The molecule has 5 N–H and O–H groups in total. The summed E-state index contributed by atoms with van der Waals surface area (Å²) in [7, 11) is 0. The van der Waals surface area contributed by atoms with Crippen LogP contribution in [0.5, 0.6) is 0 Å². The number of fused-ring (bicyclic) bond motifs is 1. The Balaban J connectivity index is 1.91. The van der Waals surface area contributed by atoms with E-state index in [0.717, 1.165) is 0 Å². The Morgan fingerprint density at radius 3 is 2.52 bits per heavy atom. The molecule has 0 radical (unpaired) electrons. The minimum Gasteiger partial charge on any atom is -0.481 e. The summed E-state index contributed by atoms with van der Waals surface area (Å²) in [5.74, 6) is -2.75. The molecule has 9 heteroatoms. The van der Waals surface area contributed by atoms with Crippen LogP contribution in [0.3, 0.4) is 0 Å². The zero-order valence-corrected chi connectivity index (χ0v) is 18.6. The number of rotatable bonds is 8. The lowest BCUT2D eigenvalue weighted by atomic mass is 9.96. The molecule has 0 spiro atoms. The Hall–Kier alpha value is -3.88. The molecule has 33 heavy (non-hydrogen) atoms. The number of carbonyl (C=O) groups excluding carboxylic acids is 3. The van der Waals surface area contributed by atoms with Gasteiger partial charge in [0.2, 0.25) is 11.8 Å². The van der Waals surface area contributed by atoms with Crippen molar-refractivity contribution in [1.82, 2.24) is 10.2 Å². The minimum atomic E-state index is -1.07. The van der Waals surface area contributed by atoms with Crippen molar-refractivity contribution in [2.75, 3.05) is 17.6 Å². The summed E-state index contributed by atoms with van der Waals surface area (Å²) >= 11 is 0. The molecule has 1 aliphatic rings. The molecule has 1 heterocycles. The average Bonchev–Trinajstić information content (AvgIpc) is 2.87. The number of carboxylic acids is 1. The van der Waals surface area contributed by atoms with Gasteiger partial charge in [-0.05, 0) is 29.7 Å². The maximum atomic E-state index is 13.4. The van der Waals surface area contributed by atoms with Crippen molar-refractivity contribution < 1.29 is 24.3 Å². The van der Waals surface area contributed by atoms with Gasteiger partial charge in [0.25, 0.3) is 5.91 Å². The number of carboxylic acid groups (broad SMARTS) is 1. The topological polar surface area (TPSA) is 142 Å². The van der Waals surface area contributed by atoms with Crippen LogP contribution in [0.15, 0.2) is 48.5 Å². The van der Waals surface area contributed by atoms with Gasteiger partial charge < -0.3 is 26.4 Å². The number of nitrogens with one attached hydrogen (secondary N) is 2. The van der Waals surface area contributed by atoms with Gasteiger partial charge in [-0.1, -0.05) is 50.6 Å². The van der Waals surface area contributed by atoms with E-state index in [-0.39, 0.29) is 23.8 Å². The highest BCUT2D eigenvalue weighted by molar-refractivity contribution is 6.11. The highest BCUT2D eigenvalue weighted by Gasteiger charge is 2.39. The van der Waals surface area contributed by atoms with Gasteiger partial charge in [0.05, 0.1) is 23.7 Å². The van der Waals surface area contributed by atoms with Crippen molar-refractivity contribution in [2.45, 2.75) is 38.8 Å². The Morgan fingerprint density at radius 1 is 1.18 bits per heavy atom. The third-order valence-corrected chi connectivity index (χ3v) is 5.81. The number of amides is 3. The lowest BCUT2D eigenvalue weighted by Crippen LogP contribution is -2.52. The lowest BCUT2D eigenvalue weighted by Gasteiger charge is -2.32. The standard InChI is InChI=1S/C24H28N4O5/c1-3-14(2)22-23(32)27-18-10-9-16(25)11-17(18)24(33)28(22)13-20(29)26-19(12-21(30)31)15-7-5-4-6-8-15/h4-11,14,19,22H,3,12-13,25H2,1-2H3,(H,26,29)(H,27,32)(H,30,31)/t14-,19?,22?/m0/s1. The second-order valence-electron chi connectivity index (χ2n) is 8.19. The number of nitrogens with zero attached hydrogens (tertiary/aromatic N) is 1. The molecule has 1 aliphatic heterocycles. The summed E-state index contributed by atoms with van der Waals surface area (Å²) in [5.41, 5.74) is 7.38. The largest absolute Gasteiger partial charge is 0.481 e. The first-order chi connectivity index (χ1) is 15.7. The Bertz CT molecular complexity index is 1060. The van der Waals surface area contributed by atoms with Crippen LogP contribution in [0.4, 0.5) is 11.4 Å². The van der Waals surface area contributed by atoms with Crippen LogP contribution in [0.2, 0.25) is 0 Å². The maximum Gasteiger partial charge on any atom is 0.305 e. The monoisotopic (exact) mass is 452 g/mol. The maximum absolute atomic E-state index is 13.4. The fourth-order valence-electron chi connectivity index (χ4n) is 3.94. The van der Waals surface area contributed by atoms with E-state index in [1.807, 2.05) is 13.8 Å². The minimum absolute atomic E-state index is 0.201. The van der Waals surface area contributed by atoms with Crippen molar-refractivity contribution in [2.24, 2.45) is 5.92 Å². The number of hydrogen-bond acceptors (Lipinski definition) is 5. The molecule has 0 aliphatic carbocycles. The molecule has 0 fully saturated rings. The van der Waals surface area contributed by atoms with Crippen molar-refractivity contribution in [3.63, 3.8) is 0 Å². The number of anilines is 2. The predicted octanol–water partition coefficient (Wildman–Crippen LogP) is 2.41. The molecule has 174 valence electrons. The normalized spacial score (nSPS) is 17.4. The molecular weight excluding hydrogens is 424 g/mol. The van der Waals surface area contributed by atoms with Gasteiger partial charge in [-0.2, -0.15) is 0 Å². The predicted molar refractivity (Wildman–Crippen MR) is 123 cm³/mol. The van der Waals surface area contributed by atoms with E-state index in [1.54, 1.807) is 42.5 Å². The van der Waals surface area contributed by atoms with Gasteiger partial charge in [-0.25, -0.2) is 0 Å². The fourth-order valence-corrected chi connectivity index (χ4v) is 3.94. The molecule has 2 unspecified atom stereocenters. The van der Waals surface area contributed by atoms with Crippen molar-refractivity contribution in [3.05, 3.63) is 59.7 Å². The van der Waals surface area contributed by atoms with Gasteiger partial charge in [0.15, 0.2) is 0 Å². The first kappa shape index (κ1) is 23.8. The third-order valence-electron chi connectivity index (χ3n) is 5.81. The molecule has 3 atom stereocenters. The highest BCUT2D eigenvalue weighted by atomic mass is 16.4. The zero-order valence-electron chi connectivity index (χ0n) is 18.6. The summed E-state index contributed by atoms with van der Waals surface area (Å²) in [4.78, 5) is 52.1. The smallest absolute Gasteiger partial charge is 0.305 e. The van der Waals surface area contributed by atoms with Gasteiger partial charge >= 0.3 is 5.97 Å². The van der Waals surface area contributed by atoms with Crippen molar-refractivity contribution in [3.8, 4) is 0 Å². The van der Waals surface area contributed by atoms with E-state index in [4.69, 9.17) is 5.73 Å². The Kier molecular flexibility index (Phi) is 7.32. The van der Waals surface area contributed by atoms with E-state index < -0.39 is 36.4 Å². The number of nitrogen functional groups attached to an aromatic ring is 1. The first-order valence-corrected chi connectivity index (χ1v) is 10.8. The van der Waals surface area contributed by atoms with Gasteiger partial charge in [0, 0.05) is 5.69 Å². The molecule has 2 aromatic carbocycles. The molecule has 3 rings (SSSR count). The zero-order chi connectivity index (χ0) is 24.1. The van der Waals surface area contributed by atoms with Gasteiger partial charge in [0.1, 0.15) is 12.6 Å². The van der Waals surface area contributed by atoms with Crippen LogP contribution in [-0.4, -0.2) is 46.3 Å². The van der Waals surface area contributed by atoms with Crippen LogP contribution in [0.1, 0.15) is 48.7 Å². The summed E-state index contributed by atoms with van der Waals surface area (Å²) < 4.78 is 0. The fraction of sp³-hybridized carbons (Fsp3) is 0.333. The van der Waals surface area contributed by atoms with Crippen LogP contribution in [-0.2, 0) is 14.4 Å². The summed E-state index contributed by atoms with van der Waals surface area (Å²) in [6, 6.07) is 11.7. The number of aliphatic carboxylic acids is 1. The van der Waals surface area contributed by atoms with E-state index in [1.165, 1.54) is 11.0 Å².